The highest BCUT2D eigenvalue weighted by Gasteiger charge is 2.09. The van der Waals surface area contributed by atoms with Gasteiger partial charge in [-0.05, 0) is 6.92 Å². The fraction of sp³-hybridized carbons (Fsp3) is 0.600. The van der Waals surface area contributed by atoms with Crippen molar-refractivity contribution in [2.75, 3.05) is 0 Å². The lowest BCUT2D eigenvalue weighted by molar-refractivity contribution is -0.129. The highest BCUT2D eigenvalue weighted by molar-refractivity contribution is 6.00. The van der Waals surface area contributed by atoms with Crippen LogP contribution in [0.5, 0.6) is 0 Å². The minimum atomic E-state index is -0.231. The number of rotatable bonds is 8. The molecule has 0 spiro atoms. The Bertz CT molecular complexity index is 243. The first-order valence-electron chi connectivity index (χ1n) is 4.52. The third kappa shape index (κ3) is 7.34. The molecule has 0 N–H and O–H groups in total. The van der Waals surface area contributed by atoms with Crippen LogP contribution in [0.25, 0.3) is 0 Å². The summed E-state index contributed by atoms with van der Waals surface area (Å²) in [5.74, 6) is -0.513. The number of hydrogen-bond donors (Lipinski definition) is 0. The second-order valence-electron chi connectivity index (χ2n) is 3.16. The minimum absolute atomic E-state index is 0.0568. The summed E-state index contributed by atoms with van der Waals surface area (Å²) in [4.78, 5) is 42.5. The third-order valence-corrected chi connectivity index (χ3v) is 1.69. The first-order valence-corrected chi connectivity index (χ1v) is 4.52. The van der Waals surface area contributed by atoms with E-state index in [4.69, 9.17) is 0 Å². The number of ketones is 3. The molecule has 0 saturated heterocycles. The van der Waals surface area contributed by atoms with Crippen molar-refractivity contribution in [2.45, 2.75) is 39.0 Å². The summed E-state index contributed by atoms with van der Waals surface area (Å²) in [6, 6.07) is 0. The molecule has 78 valence electrons. The zero-order chi connectivity index (χ0) is 11.0. The predicted molar refractivity (Wildman–Crippen MR) is 49.8 cm³/mol. The van der Waals surface area contributed by atoms with E-state index in [0.717, 1.165) is 0 Å². The molecule has 4 heteroatoms. The van der Waals surface area contributed by atoms with Crippen LogP contribution in [0, 0.1) is 0 Å². The zero-order valence-corrected chi connectivity index (χ0v) is 8.25. The van der Waals surface area contributed by atoms with E-state index in [9.17, 15) is 19.2 Å². The van der Waals surface area contributed by atoms with Gasteiger partial charge < -0.3 is 9.59 Å². The summed E-state index contributed by atoms with van der Waals surface area (Å²) in [6.07, 6.45) is 1.11. The summed E-state index contributed by atoms with van der Waals surface area (Å²) >= 11 is 0. The van der Waals surface area contributed by atoms with E-state index < -0.39 is 0 Å². The normalized spacial score (nSPS) is 9.50. The van der Waals surface area contributed by atoms with Crippen LogP contribution in [0.3, 0.4) is 0 Å². The van der Waals surface area contributed by atoms with Crippen molar-refractivity contribution in [2.24, 2.45) is 0 Å². The Morgan fingerprint density at radius 3 is 2.07 bits per heavy atom. The first-order chi connectivity index (χ1) is 6.56. The first kappa shape index (κ1) is 12.7. The van der Waals surface area contributed by atoms with E-state index >= 15 is 0 Å². The van der Waals surface area contributed by atoms with E-state index in [0.29, 0.717) is 6.29 Å². The molecule has 0 aromatic rings. The fourth-order valence-corrected chi connectivity index (χ4v) is 0.932. The quantitative estimate of drug-likeness (QED) is 0.428. The van der Waals surface area contributed by atoms with Crippen LogP contribution in [0.15, 0.2) is 0 Å². The summed E-state index contributed by atoms with van der Waals surface area (Å²) in [6.45, 7) is 1.40. The van der Waals surface area contributed by atoms with E-state index in [1.807, 2.05) is 0 Å². The van der Waals surface area contributed by atoms with E-state index in [2.05, 4.69) is 0 Å². The molecule has 0 radical (unpaired) electrons. The topological polar surface area (TPSA) is 68.3 Å². The molecule has 0 fully saturated rings. The molecule has 0 bridgehead atoms. The largest absolute Gasteiger partial charge is 0.303 e. The minimum Gasteiger partial charge on any atom is -0.303 e. The molecular weight excluding hydrogens is 184 g/mol. The monoisotopic (exact) mass is 198 g/mol. The number of aldehydes is 1. The Hall–Kier alpha value is -1.32. The van der Waals surface area contributed by atoms with Crippen LogP contribution in [-0.4, -0.2) is 23.6 Å². The lowest BCUT2D eigenvalue weighted by atomic mass is 10.1. The molecule has 0 rings (SSSR count). The van der Waals surface area contributed by atoms with Crippen molar-refractivity contribution in [3.63, 3.8) is 0 Å². The SMILES string of the molecule is CC(=O)CCC(=O)CC(=O)CCC=O. The summed E-state index contributed by atoms with van der Waals surface area (Å²) in [5.41, 5.74) is 0. The lowest BCUT2D eigenvalue weighted by Gasteiger charge is -1.97. The van der Waals surface area contributed by atoms with Crippen molar-refractivity contribution < 1.29 is 19.2 Å². The molecule has 0 atom stereocenters. The molecule has 0 aliphatic carbocycles. The maximum absolute atomic E-state index is 11.1. The summed E-state index contributed by atoms with van der Waals surface area (Å²) in [7, 11) is 0. The molecule has 4 nitrogen and oxygen atoms in total. The van der Waals surface area contributed by atoms with Crippen LogP contribution in [0.4, 0.5) is 0 Å². The van der Waals surface area contributed by atoms with Gasteiger partial charge in [0, 0.05) is 25.7 Å². The van der Waals surface area contributed by atoms with Crippen molar-refractivity contribution in [3.8, 4) is 0 Å². The van der Waals surface area contributed by atoms with Crippen LogP contribution in [0.1, 0.15) is 39.0 Å². The van der Waals surface area contributed by atoms with Gasteiger partial charge in [-0.1, -0.05) is 0 Å². The van der Waals surface area contributed by atoms with Crippen molar-refractivity contribution >= 4 is 23.6 Å². The van der Waals surface area contributed by atoms with Crippen LogP contribution in [0.2, 0.25) is 0 Å². The van der Waals surface area contributed by atoms with Gasteiger partial charge in [0.1, 0.15) is 23.6 Å². The lowest BCUT2D eigenvalue weighted by Crippen LogP contribution is -2.09. The highest BCUT2D eigenvalue weighted by Crippen LogP contribution is 2.00. The van der Waals surface area contributed by atoms with Crippen molar-refractivity contribution in [1.29, 1.82) is 0 Å². The van der Waals surface area contributed by atoms with Gasteiger partial charge in [-0.25, -0.2) is 0 Å². The van der Waals surface area contributed by atoms with Crippen molar-refractivity contribution in [3.05, 3.63) is 0 Å². The Kier molecular flexibility index (Phi) is 6.45. The van der Waals surface area contributed by atoms with Gasteiger partial charge >= 0.3 is 0 Å². The standard InChI is InChI=1S/C10H14O4/c1-8(12)4-5-10(14)7-9(13)3-2-6-11/h6H,2-5,7H2,1H3. The van der Waals surface area contributed by atoms with Gasteiger partial charge in [0.25, 0.3) is 0 Å². The predicted octanol–water partition coefficient (Wildman–Crippen LogP) is 0.863. The van der Waals surface area contributed by atoms with Gasteiger partial charge in [-0.15, -0.1) is 0 Å². The molecule has 0 aliphatic heterocycles. The highest BCUT2D eigenvalue weighted by atomic mass is 16.2. The summed E-state index contributed by atoms with van der Waals surface area (Å²) in [5, 5.41) is 0. The smallest absolute Gasteiger partial charge is 0.140 e. The molecule has 0 aliphatic rings. The second kappa shape index (κ2) is 7.12. The number of carbonyl (C=O) groups excluding carboxylic acids is 4. The Morgan fingerprint density at radius 1 is 1.00 bits per heavy atom. The van der Waals surface area contributed by atoms with Gasteiger partial charge in [0.05, 0.1) is 6.42 Å². The van der Waals surface area contributed by atoms with Crippen LogP contribution >= 0.6 is 0 Å². The van der Waals surface area contributed by atoms with Crippen LogP contribution in [-0.2, 0) is 19.2 Å². The Morgan fingerprint density at radius 2 is 1.57 bits per heavy atom. The van der Waals surface area contributed by atoms with Gasteiger partial charge in [-0.2, -0.15) is 0 Å². The Labute approximate surface area is 82.7 Å². The molecule has 0 heterocycles. The van der Waals surface area contributed by atoms with Crippen molar-refractivity contribution in [1.82, 2.24) is 0 Å². The third-order valence-electron chi connectivity index (χ3n) is 1.69. The average Bonchev–Trinajstić information content (AvgIpc) is 2.11. The van der Waals surface area contributed by atoms with Gasteiger partial charge in [-0.3, -0.25) is 9.59 Å². The molecule has 0 aromatic carbocycles. The van der Waals surface area contributed by atoms with E-state index in [1.165, 1.54) is 6.92 Å². The average molecular weight is 198 g/mol. The van der Waals surface area contributed by atoms with Gasteiger partial charge in [0.2, 0.25) is 0 Å². The number of hydrogen-bond acceptors (Lipinski definition) is 4. The molecular formula is C10H14O4. The fourth-order valence-electron chi connectivity index (χ4n) is 0.932. The number of Topliss-reactive ketones (excluding diaryl/α,β-unsaturated/α-hetero) is 3. The molecule has 0 unspecified atom stereocenters. The second-order valence-corrected chi connectivity index (χ2v) is 3.16. The summed E-state index contributed by atoms with van der Waals surface area (Å²) < 4.78 is 0. The van der Waals surface area contributed by atoms with E-state index in [-0.39, 0.29) is 49.5 Å². The molecule has 14 heavy (non-hydrogen) atoms. The molecule has 0 saturated carbocycles. The zero-order valence-electron chi connectivity index (χ0n) is 8.25. The molecule has 0 aromatic heterocycles. The Balaban J connectivity index is 3.65. The maximum atomic E-state index is 11.1. The number of carbonyl (C=O) groups is 4. The molecule has 0 amide bonds. The maximum Gasteiger partial charge on any atom is 0.140 e. The van der Waals surface area contributed by atoms with Crippen LogP contribution < -0.4 is 0 Å². The van der Waals surface area contributed by atoms with Gasteiger partial charge in [0.15, 0.2) is 0 Å². The van der Waals surface area contributed by atoms with E-state index in [1.54, 1.807) is 0 Å².